The smallest absolute Gasteiger partial charge is 0.123 e. The number of hydrogen-bond acceptors (Lipinski definition) is 2. The molecule has 3 aromatic rings. The number of thioether (sulfide) groups is 1. The second-order valence-electron chi connectivity index (χ2n) is 4.89. The Bertz CT molecular complexity index is 774. The Morgan fingerprint density at radius 2 is 1.57 bits per heavy atom. The van der Waals surface area contributed by atoms with Gasteiger partial charge in [0.05, 0.1) is 15.3 Å². The number of hydrogen-bond donors (Lipinski definition) is 0. The first kappa shape index (κ1) is 16.3. The third kappa shape index (κ3) is 3.86. The van der Waals surface area contributed by atoms with Gasteiger partial charge >= 0.3 is 0 Å². The van der Waals surface area contributed by atoms with Gasteiger partial charge in [0.2, 0.25) is 0 Å². The number of aromatic nitrogens is 1. The molecule has 0 N–H and O–H groups in total. The highest BCUT2D eigenvalue weighted by Crippen LogP contribution is 2.45. The first-order chi connectivity index (χ1) is 11.1. The van der Waals surface area contributed by atoms with Crippen molar-refractivity contribution in [1.29, 1.82) is 0 Å². The van der Waals surface area contributed by atoms with E-state index in [-0.39, 0.29) is 11.1 Å². The van der Waals surface area contributed by atoms with Gasteiger partial charge in [0.25, 0.3) is 0 Å². The van der Waals surface area contributed by atoms with Gasteiger partial charge in [0.1, 0.15) is 5.82 Å². The van der Waals surface area contributed by atoms with Gasteiger partial charge in [-0.3, -0.25) is 4.98 Å². The molecule has 116 valence electrons. The topological polar surface area (TPSA) is 12.9 Å². The fraction of sp³-hybridized carbons (Fsp3) is 0.0556. The number of halogens is 3. The highest BCUT2D eigenvalue weighted by atomic mass is 35.5. The van der Waals surface area contributed by atoms with Gasteiger partial charge in [0, 0.05) is 17.3 Å². The third-order valence-corrected chi connectivity index (χ3v) is 5.62. The molecular formula is C18H12Cl2FNS. The fourth-order valence-electron chi connectivity index (χ4n) is 2.21. The summed E-state index contributed by atoms with van der Waals surface area (Å²) in [6.07, 6.45) is 3.52. The molecule has 3 rings (SSSR count). The summed E-state index contributed by atoms with van der Waals surface area (Å²) < 4.78 is 13.2. The molecule has 1 atom stereocenters. The summed E-state index contributed by atoms with van der Waals surface area (Å²) in [5.74, 6) is -0.264. The van der Waals surface area contributed by atoms with Crippen molar-refractivity contribution in [1.82, 2.24) is 4.98 Å². The lowest BCUT2D eigenvalue weighted by Gasteiger charge is -2.19. The monoisotopic (exact) mass is 363 g/mol. The van der Waals surface area contributed by atoms with Crippen LogP contribution < -0.4 is 0 Å². The molecule has 0 amide bonds. The van der Waals surface area contributed by atoms with E-state index in [0.29, 0.717) is 10.0 Å². The summed E-state index contributed by atoms with van der Waals surface area (Å²) in [7, 11) is 0. The van der Waals surface area contributed by atoms with Gasteiger partial charge in [-0.15, -0.1) is 11.8 Å². The quantitative estimate of drug-likeness (QED) is 0.496. The van der Waals surface area contributed by atoms with Crippen LogP contribution in [0.3, 0.4) is 0 Å². The van der Waals surface area contributed by atoms with Crippen LogP contribution in [0.5, 0.6) is 0 Å². The highest BCUT2D eigenvalue weighted by molar-refractivity contribution is 8.00. The predicted octanol–water partition coefficient (Wildman–Crippen LogP) is 6.41. The van der Waals surface area contributed by atoms with E-state index in [2.05, 4.69) is 4.98 Å². The zero-order valence-corrected chi connectivity index (χ0v) is 14.2. The van der Waals surface area contributed by atoms with Crippen LogP contribution in [-0.4, -0.2) is 4.98 Å². The zero-order valence-electron chi connectivity index (χ0n) is 11.9. The minimum Gasteiger partial charge on any atom is -0.264 e. The fourth-order valence-corrected chi connectivity index (χ4v) is 4.04. The van der Waals surface area contributed by atoms with E-state index >= 15 is 0 Å². The van der Waals surface area contributed by atoms with Crippen molar-refractivity contribution >= 4 is 35.0 Å². The lowest BCUT2D eigenvalue weighted by Crippen LogP contribution is -1.98. The van der Waals surface area contributed by atoms with Gasteiger partial charge < -0.3 is 0 Å². The maximum Gasteiger partial charge on any atom is 0.123 e. The molecule has 1 nitrogen and oxygen atoms in total. The van der Waals surface area contributed by atoms with E-state index in [1.165, 1.54) is 23.9 Å². The van der Waals surface area contributed by atoms with Crippen molar-refractivity contribution in [3.05, 3.63) is 94.0 Å². The number of pyridine rings is 1. The van der Waals surface area contributed by atoms with E-state index in [1.807, 2.05) is 18.2 Å². The summed E-state index contributed by atoms with van der Waals surface area (Å²) in [4.78, 5) is 4.98. The van der Waals surface area contributed by atoms with Crippen molar-refractivity contribution in [3.8, 4) is 0 Å². The van der Waals surface area contributed by atoms with Crippen molar-refractivity contribution < 1.29 is 4.39 Å². The van der Waals surface area contributed by atoms with Gasteiger partial charge in [-0.05, 0) is 41.5 Å². The molecule has 1 aromatic heterocycles. The van der Waals surface area contributed by atoms with Crippen molar-refractivity contribution in [2.45, 2.75) is 10.1 Å². The molecular weight excluding hydrogens is 352 g/mol. The second kappa shape index (κ2) is 7.35. The molecule has 0 aliphatic rings. The minimum atomic E-state index is -0.264. The Morgan fingerprint density at radius 1 is 0.870 bits per heavy atom. The molecule has 0 bridgehead atoms. The van der Waals surface area contributed by atoms with Crippen LogP contribution in [-0.2, 0) is 0 Å². The summed E-state index contributed by atoms with van der Waals surface area (Å²) in [6, 6.07) is 15.7. The lowest BCUT2D eigenvalue weighted by molar-refractivity contribution is 0.627. The Hall–Kier alpha value is -1.55. The molecule has 23 heavy (non-hydrogen) atoms. The molecule has 1 heterocycles. The van der Waals surface area contributed by atoms with Crippen LogP contribution in [0.2, 0.25) is 10.0 Å². The SMILES string of the molecule is Fc1ccc(C(Sc2c(Cl)cccc2Cl)c2cccnc2)cc1. The van der Waals surface area contributed by atoms with E-state index < -0.39 is 0 Å². The molecule has 5 heteroatoms. The second-order valence-corrected chi connectivity index (χ2v) is 6.82. The van der Waals surface area contributed by atoms with Gasteiger partial charge in [0.15, 0.2) is 0 Å². The predicted molar refractivity (Wildman–Crippen MR) is 94.8 cm³/mol. The normalized spacial score (nSPS) is 12.1. The Morgan fingerprint density at radius 3 is 2.17 bits per heavy atom. The Balaban J connectivity index is 2.04. The minimum absolute atomic E-state index is 0.0818. The van der Waals surface area contributed by atoms with Crippen LogP contribution in [0.4, 0.5) is 4.39 Å². The number of rotatable bonds is 4. The Kier molecular flexibility index (Phi) is 5.21. The number of nitrogens with zero attached hydrogens (tertiary/aromatic N) is 1. The molecule has 0 saturated carbocycles. The molecule has 0 saturated heterocycles. The molecule has 0 radical (unpaired) electrons. The summed E-state index contributed by atoms with van der Waals surface area (Å²) in [5, 5.41) is 1.11. The van der Waals surface area contributed by atoms with Crippen LogP contribution >= 0.6 is 35.0 Å². The lowest BCUT2D eigenvalue weighted by atomic mass is 10.1. The van der Waals surface area contributed by atoms with Crippen LogP contribution in [0.25, 0.3) is 0 Å². The maximum absolute atomic E-state index is 13.2. The van der Waals surface area contributed by atoms with Crippen LogP contribution in [0.1, 0.15) is 16.4 Å². The third-order valence-electron chi connectivity index (χ3n) is 3.31. The van der Waals surface area contributed by atoms with E-state index in [0.717, 1.165) is 16.0 Å². The van der Waals surface area contributed by atoms with Crippen LogP contribution in [0, 0.1) is 5.82 Å². The van der Waals surface area contributed by atoms with Crippen molar-refractivity contribution in [2.75, 3.05) is 0 Å². The van der Waals surface area contributed by atoms with Gasteiger partial charge in [-0.25, -0.2) is 4.39 Å². The molecule has 0 fully saturated rings. The van der Waals surface area contributed by atoms with Crippen molar-refractivity contribution in [3.63, 3.8) is 0 Å². The summed E-state index contributed by atoms with van der Waals surface area (Å²) >= 11 is 14.1. The molecule has 2 aromatic carbocycles. The van der Waals surface area contributed by atoms with Crippen molar-refractivity contribution in [2.24, 2.45) is 0 Å². The molecule has 0 aliphatic carbocycles. The average Bonchev–Trinajstić information content (AvgIpc) is 2.57. The molecule has 1 unspecified atom stereocenters. The zero-order chi connectivity index (χ0) is 16.2. The maximum atomic E-state index is 13.2. The van der Waals surface area contributed by atoms with E-state index in [1.54, 1.807) is 36.7 Å². The highest BCUT2D eigenvalue weighted by Gasteiger charge is 2.19. The van der Waals surface area contributed by atoms with Crippen LogP contribution in [0.15, 0.2) is 71.9 Å². The average molecular weight is 364 g/mol. The summed E-state index contributed by atoms with van der Waals surface area (Å²) in [6.45, 7) is 0. The van der Waals surface area contributed by atoms with E-state index in [9.17, 15) is 4.39 Å². The standard InChI is InChI=1S/C18H12Cl2FNS/c19-15-4-1-5-16(20)18(15)23-17(13-3-2-10-22-11-13)12-6-8-14(21)9-7-12/h1-11,17H. The number of benzene rings is 2. The molecule has 0 aliphatic heterocycles. The Labute approximate surface area is 148 Å². The first-order valence-corrected chi connectivity index (χ1v) is 8.55. The van der Waals surface area contributed by atoms with E-state index in [4.69, 9.17) is 23.2 Å². The van der Waals surface area contributed by atoms with Gasteiger partial charge in [-0.2, -0.15) is 0 Å². The largest absolute Gasteiger partial charge is 0.264 e. The summed E-state index contributed by atoms with van der Waals surface area (Å²) in [5.41, 5.74) is 1.96. The van der Waals surface area contributed by atoms with Gasteiger partial charge in [-0.1, -0.05) is 47.5 Å². The first-order valence-electron chi connectivity index (χ1n) is 6.91. The molecule has 0 spiro atoms.